The molecule has 4 nitrogen and oxygen atoms in total. The average Bonchev–Trinajstić information content (AvgIpc) is 2.18. The maximum atomic E-state index is 11.4. The third-order valence-corrected chi connectivity index (χ3v) is 2.23. The van der Waals surface area contributed by atoms with Crippen LogP contribution in [0.2, 0.25) is 0 Å². The van der Waals surface area contributed by atoms with Gasteiger partial charge >= 0.3 is 0 Å². The summed E-state index contributed by atoms with van der Waals surface area (Å²) in [6.45, 7) is 3.17. The molecule has 1 aliphatic rings. The Morgan fingerprint density at radius 2 is 2.46 bits per heavy atom. The van der Waals surface area contributed by atoms with Crippen LogP contribution < -0.4 is 5.32 Å². The first kappa shape index (κ1) is 10.5. The summed E-state index contributed by atoms with van der Waals surface area (Å²) in [5.74, 6) is -0.0574. The van der Waals surface area contributed by atoms with E-state index in [1.807, 2.05) is 0 Å². The Morgan fingerprint density at radius 3 is 3.00 bits per heavy atom. The lowest BCUT2D eigenvalue weighted by Crippen LogP contribution is -2.44. The van der Waals surface area contributed by atoms with Crippen LogP contribution in [0.15, 0.2) is 0 Å². The van der Waals surface area contributed by atoms with E-state index in [0.717, 1.165) is 19.4 Å². The Bertz CT molecular complexity index is 166. The molecule has 2 atom stereocenters. The van der Waals surface area contributed by atoms with E-state index in [0.29, 0.717) is 6.61 Å². The van der Waals surface area contributed by atoms with Gasteiger partial charge in [-0.1, -0.05) is 0 Å². The van der Waals surface area contributed by atoms with Crippen LogP contribution in [0.5, 0.6) is 0 Å². The van der Waals surface area contributed by atoms with Gasteiger partial charge in [-0.25, -0.2) is 0 Å². The smallest absolute Gasteiger partial charge is 0.249 e. The van der Waals surface area contributed by atoms with Crippen molar-refractivity contribution in [2.75, 3.05) is 20.3 Å². The van der Waals surface area contributed by atoms with Crippen LogP contribution in [0.4, 0.5) is 0 Å². The van der Waals surface area contributed by atoms with Gasteiger partial charge in [-0.05, 0) is 19.8 Å². The summed E-state index contributed by atoms with van der Waals surface area (Å²) in [7, 11) is 1.53. The summed E-state index contributed by atoms with van der Waals surface area (Å²) in [4.78, 5) is 11.4. The van der Waals surface area contributed by atoms with Crippen LogP contribution >= 0.6 is 0 Å². The molecule has 0 aromatic heterocycles. The first-order valence-electron chi connectivity index (χ1n) is 4.65. The van der Waals surface area contributed by atoms with Crippen molar-refractivity contribution in [3.8, 4) is 0 Å². The molecule has 1 heterocycles. The van der Waals surface area contributed by atoms with Gasteiger partial charge in [0.1, 0.15) is 6.10 Å². The van der Waals surface area contributed by atoms with Gasteiger partial charge in [-0.15, -0.1) is 0 Å². The number of hydrogen-bond acceptors (Lipinski definition) is 3. The molecule has 0 radical (unpaired) electrons. The van der Waals surface area contributed by atoms with Crippen LogP contribution in [0.1, 0.15) is 19.8 Å². The molecule has 76 valence electrons. The maximum Gasteiger partial charge on any atom is 0.249 e. The van der Waals surface area contributed by atoms with Gasteiger partial charge in [0.15, 0.2) is 0 Å². The summed E-state index contributed by atoms with van der Waals surface area (Å²) >= 11 is 0. The second-order valence-electron chi connectivity index (χ2n) is 3.30. The Morgan fingerprint density at radius 1 is 1.69 bits per heavy atom. The monoisotopic (exact) mass is 187 g/mol. The van der Waals surface area contributed by atoms with Gasteiger partial charge in [0, 0.05) is 13.7 Å². The van der Waals surface area contributed by atoms with Crippen molar-refractivity contribution in [3.05, 3.63) is 0 Å². The minimum Gasteiger partial charge on any atom is -0.379 e. The van der Waals surface area contributed by atoms with E-state index in [-0.39, 0.29) is 18.1 Å². The fourth-order valence-electron chi connectivity index (χ4n) is 1.28. The van der Waals surface area contributed by atoms with E-state index in [4.69, 9.17) is 9.47 Å². The largest absolute Gasteiger partial charge is 0.379 e. The maximum absolute atomic E-state index is 11.4. The van der Waals surface area contributed by atoms with Gasteiger partial charge in [0.05, 0.1) is 12.6 Å². The molecule has 0 aromatic carbocycles. The first-order chi connectivity index (χ1) is 6.24. The predicted molar refractivity (Wildman–Crippen MR) is 48.5 cm³/mol. The van der Waals surface area contributed by atoms with E-state index in [9.17, 15) is 4.79 Å². The first-order valence-corrected chi connectivity index (χ1v) is 4.65. The predicted octanol–water partition coefficient (Wildman–Crippen LogP) is 0.316. The molecule has 1 aliphatic heterocycles. The molecular formula is C9H17NO3. The van der Waals surface area contributed by atoms with Crippen molar-refractivity contribution in [2.45, 2.75) is 31.9 Å². The summed E-state index contributed by atoms with van der Waals surface area (Å²) < 4.78 is 10.1. The molecule has 13 heavy (non-hydrogen) atoms. The van der Waals surface area contributed by atoms with Crippen molar-refractivity contribution in [2.24, 2.45) is 0 Å². The van der Waals surface area contributed by atoms with Crippen molar-refractivity contribution in [3.63, 3.8) is 0 Å². The second kappa shape index (κ2) is 5.19. The molecule has 0 bridgehead atoms. The number of amides is 1. The standard InChI is InChI=1S/C9H17NO3/c1-7(12-2)9(11)10-8-4-3-5-13-6-8/h7-8H,3-6H2,1-2H3,(H,10,11). The van der Waals surface area contributed by atoms with Gasteiger partial charge in [-0.3, -0.25) is 4.79 Å². The lowest BCUT2D eigenvalue weighted by molar-refractivity contribution is -0.131. The zero-order valence-corrected chi connectivity index (χ0v) is 8.21. The van der Waals surface area contributed by atoms with Crippen molar-refractivity contribution < 1.29 is 14.3 Å². The number of ether oxygens (including phenoxy) is 2. The molecule has 1 amide bonds. The Hall–Kier alpha value is -0.610. The van der Waals surface area contributed by atoms with E-state index >= 15 is 0 Å². The molecular weight excluding hydrogens is 170 g/mol. The van der Waals surface area contributed by atoms with Gasteiger partial charge < -0.3 is 14.8 Å². The third-order valence-electron chi connectivity index (χ3n) is 2.23. The summed E-state index contributed by atoms with van der Waals surface area (Å²) in [6.07, 6.45) is 1.65. The van der Waals surface area contributed by atoms with Crippen molar-refractivity contribution >= 4 is 5.91 Å². The van der Waals surface area contributed by atoms with Crippen LogP contribution in [0.3, 0.4) is 0 Å². The van der Waals surface area contributed by atoms with E-state index in [1.165, 1.54) is 7.11 Å². The molecule has 1 saturated heterocycles. The van der Waals surface area contributed by atoms with Gasteiger partial charge in [0.25, 0.3) is 0 Å². The topological polar surface area (TPSA) is 47.6 Å². The van der Waals surface area contributed by atoms with Crippen molar-refractivity contribution in [1.82, 2.24) is 5.32 Å². The average molecular weight is 187 g/mol. The SMILES string of the molecule is COC(C)C(=O)NC1CCCOC1. The van der Waals surface area contributed by atoms with Gasteiger partial charge in [-0.2, -0.15) is 0 Å². The van der Waals surface area contributed by atoms with E-state index in [1.54, 1.807) is 6.92 Å². The van der Waals surface area contributed by atoms with Gasteiger partial charge in [0.2, 0.25) is 5.91 Å². The number of carbonyl (C=O) groups excluding carboxylic acids is 1. The molecule has 2 unspecified atom stereocenters. The van der Waals surface area contributed by atoms with E-state index < -0.39 is 0 Å². The molecule has 0 aliphatic carbocycles. The molecule has 1 fully saturated rings. The minimum atomic E-state index is -0.373. The van der Waals surface area contributed by atoms with Crippen LogP contribution in [-0.4, -0.2) is 38.4 Å². The number of rotatable bonds is 3. The Kier molecular flexibility index (Phi) is 4.18. The van der Waals surface area contributed by atoms with E-state index in [2.05, 4.69) is 5.32 Å². The third kappa shape index (κ3) is 3.32. The van der Waals surface area contributed by atoms with Crippen LogP contribution in [0, 0.1) is 0 Å². The fraction of sp³-hybridized carbons (Fsp3) is 0.889. The summed E-state index contributed by atoms with van der Waals surface area (Å²) in [5, 5.41) is 2.88. The zero-order valence-electron chi connectivity index (χ0n) is 8.21. The normalized spacial score (nSPS) is 25.2. The molecule has 0 spiro atoms. The highest BCUT2D eigenvalue weighted by molar-refractivity contribution is 5.80. The number of methoxy groups -OCH3 is 1. The Balaban J connectivity index is 2.26. The number of carbonyl (C=O) groups is 1. The number of hydrogen-bond donors (Lipinski definition) is 1. The zero-order chi connectivity index (χ0) is 9.68. The molecule has 1 N–H and O–H groups in total. The second-order valence-corrected chi connectivity index (χ2v) is 3.30. The highest BCUT2D eigenvalue weighted by atomic mass is 16.5. The highest BCUT2D eigenvalue weighted by Gasteiger charge is 2.19. The quantitative estimate of drug-likeness (QED) is 0.692. The van der Waals surface area contributed by atoms with Crippen LogP contribution in [0.25, 0.3) is 0 Å². The van der Waals surface area contributed by atoms with Crippen molar-refractivity contribution in [1.29, 1.82) is 0 Å². The molecule has 0 aromatic rings. The fourth-order valence-corrected chi connectivity index (χ4v) is 1.28. The molecule has 4 heteroatoms. The Labute approximate surface area is 78.6 Å². The minimum absolute atomic E-state index is 0.0574. The molecule has 1 rings (SSSR count). The number of nitrogens with one attached hydrogen (secondary N) is 1. The summed E-state index contributed by atoms with van der Waals surface area (Å²) in [6, 6.07) is 0.166. The molecule has 0 saturated carbocycles. The van der Waals surface area contributed by atoms with Crippen LogP contribution in [-0.2, 0) is 14.3 Å². The summed E-state index contributed by atoms with van der Waals surface area (Å²) in [5.41, 5.74) is 0. The lowest BCUT2D eigenvalue weighted by atomic mass is 10.1. The lowest BCUT2D eigenvalue weighted by Gasteiger charge is -2.24. The highest BCUT2D eigenvalue weighted by Crippen LogP contribution is 2.06.